The van der Waals surface area contributed by atoms with Crippen LogP contribution in [0.4, 0.5) is 0 Å². The molecule has 6 heteroatoms. The average molecular weight is 258 g/mol. The minimum atomic E-state index is -0.792. The summed E-state index contributed by atoms with van der Waals surface area (Å²) in [7, 11) is 2.48. The molecule has 0 fully saturated rings. The van der Waals surface area contributed by atoms with E-state index in [0.29, 0.717) is 12.0 Å². The third kappa shape index (κ3) is 2.70. The number of aliphatic hydroxyl groups excluding tert-OH is 2. The molecule has 0 saturated heterocycles. The number of carbonyl (C=O) groups excluding carboxylic acids is 2. The largest absolute Gasteiger partial charge is 0.469 e. The molecule has 0 radical (unpaired) electrons. The molecule has 6 nitrogen and oxygen atoms in total. The molecule has 0 heterocycles. The highest BCUT2D eigenvalue weighted by atomic mass is 16.5. The molecule has 0 aliphatic heterocycles. The standard InChI is InChI=1S/C12H18O6/c1-17-11(15)9(6-14)8-4-3-7(5-13)10(8)12(16)18-2/h3,8-10,13-14H,4-6H2,1-2H3/t8-,9-,10-/m1/s1. The van der Waals surface area contributed by atoms with Crippen LogP contribution in [0, 0.1) is 17.8 Å². The summed E-state index contributed by atoms with van der Waals surface area (Å²) in [4.78, 5) is 23.3. The van der Waals surface area contributed by atoms with Gasteiger partial charge in [0.2, 0.25) is 0 Å². The van der Waals surface area contributed by atoms with Gasteiger partial charge in [-0.3, -0.25) is 9.59 Å². The number of allylic oxidation sites excluding steroid dienone is 1. The molecule has 0 aromatic heterocycles. The molecule has 0 saturated carbocycles. The lowest BCUT2D eigenvalue weighted by atomic mass is 9.81. The van der Waals surface area contributed by atoms with E-state index in [2.05, 4.69) is 9.47 Å². The second kappa shape index (κ2) is 6.51. The Bertz CT molecular complexity index is 348. The Kier molecular flexibility index (Phi) is 5.30. The molecule has 1 aliphatic carbocycles. The van der Waals surface area contributed by atoms with E-state index >= 15 is 0 Å². The van der Waals surface area contributed by atoms with Gasteiger partial charge in [0.15, 0.2) is 0 Å². The number of esters is 2. The Balaban J connectivity index is 2.94. The van der Waals surface area contributed by atoms with Gasteiger partial charge in [-0.05, 0) is 17.9 Å². The molecule has 0 aromatic carbocycles. The lowest BCUT2D eigenvalue weighted by molar-refractivity contribution is -0.153. The van der Waals surface area contributed by atoms with Crippen molar-refractivity contribution in [1.29, 1.82) is 0 Å². The zero-order valence-corrected chi connectivity index (χ0v) is 10.5. The first kappa shape index (κ1) is 14.7. The van der Waals surface area contributed by atoms with Crippen LogP contribution < -0.4 is 0 Å². The number of rotatable bonds is 5. The summed E-state index contributed by atoms with van der Waals surface area (Å²) in [6, 6.07) is 0. The third-order valence-corrected chi connectivity index (χ3v) is 3.33. The van der Waals surface area contributed by atoms with E-state index in [1.807, 2.05) is 0 Å². The van der Waals surface area contributed by atoms with Crippen molar-refractivity contribution < 1.29 is 29.3 Å². The van der Waals surface area contributed by atoms with Crippen LogP contribution in [0.2, 0.25) is 0 Å². The molecule has 3 atom stereocenters. The van der Waals surface area contributed by atoms with Gasteiger partial charge < -0.3 is 19.7 Å². The highest BCUT2D eigenvalue weighted by molar-refractivity contribution is 5.80. The number of aliphatic hydroxyl groups is 2. The van der Waals surface area contributed by atoms with Crippen LogP contribution in [-0.2, 0) is 19.1 Å². The maximum absolute atomic E-state index is 11.7. The number of hydrogen-bond donors (Lipinski definition) is 2. The minimum absolute atomic E-state index is 0.268. The normalized spacial score (nSPS) is 24.3. The summed E-state index contributed by atoms with van der Waals surface area (Å²) in [5.74, 6) is -3.00. The summed E-state index contributed by atoms with van der Waals surface area (Å²) in [5.41, 5.74) is 0.522. The molecular weight excluding hydrogens is 240 g/mol. The fraction of sp³-hybridized carbons (Fsp3) is 0.667. The minimum Gasteiger partial charge on any atom is -0.469 e. The van der Waals surface area contributed by atoms with E-state index in [-0.39, 0.29) is 6.61 Å². The quantitative estimate of drug-likeness (QED) is 0.510. The zero-order valence-electron chi connectivity index (χ0n) is 10.5. The Labute approximate surface area is 105 Å². The van der Waals surface area contributed by atoms with Gasteiger partial charge in [0.25, 0.3) is 0 Å². The van der Waals surface area contributed by atoms with Crippen molar-refractivity contribution >= 4 is 11.9 Å². The molecule has 0 spiro atoms. The SMILES string of the molecule is COC(=O)[C@@H]1C(CO)=CC[C@@H]1[C@@H](CO)C(=O)OC. The average Bonchev–Trinajstić information content (AvgIpc) is 2.82. The van der Waals surface area contributed by atoms with Crippen molar-refractivity contribution in [2.45, 2.75) is 6.42 Å². The van der Waals surface area contributed by atoms with Crippen molar-refractivity contribution in [2.75, 3.05) is 27.4 Å². The number of methoxy groups -OCH3 is 2. The summed E-state index contributed by atoms with van der Waals surface area (Å²) < 4.78 is 9.29. The molecule has 102 valence electrons. The second-order valence-corrected chi connectivity index (χ2v) is 4.15. The highest BCUT2D eigenvalue weighted by Crippen LogP contribution is 2.38. The summed E-state index contributed by atoms with van der Waals surface area (Å²) >= 11 is 0. The van der Waals surface area contributed by atoms with Crippen LogP contribution in [0.15, 0.2) is 11.6 Å². The lowest BCUT2D eigenvalue weighted by Crippen LogP contribution is -2.35. The Morgan fingerprint density at radius 3 is 2.50 bits per heavy atom. The van der Waals surface area contributed by atoms with Crippen molar-refractivity contribution in [3.8, 4) is 0 Å². The second-order valence-electron chi connectivity index (χ2n) is 4.15. The smallest absolute Gasteiger partial charge is 0.313 e. The van der Waals surface area contributed by atoms with Crippen molar-refractivity contribution in [3.63, 3.8) is 0 Å². The fourth-order valence-electron chi connectivity index (χ4n) is 2.37. The third-order valence-electron chi connectivity index (χ3n) is 3.33. The molecule has 18 heavy (non-hydrogen) atoms. The van der Waals surface area contributed by atoms with Gasteiger partial charge in [-0.2, -0.15) is 0 Å². The van der Waals surface area contributed by atoms with Crippen LogP contribution >= 0.6 is 0 Å². The molecular formula is C12H18O6. The summed E-state index contributed by atoms with van der Waals surface area (Å²) in [6.45, 7) is -0.674. The van der Waals surface area contributed by atoms with Gasteiger partial charge in [0.05, 0.1) is 39.3 Å². The van der Waals surface area contributed by atoms with Gasteiger partial charge >= 0.3 is 11.9 Å². The van der Waals surface area contributed by atoms with E-state index < -0.39 is 36.3 Å². The molecule has 0 unspecified atom stereocenters. The molecule has 0 bridgehead atoms. The van der Waals surface area contributed by atoms with Crippen LogP contribution in [0.5, 0.6) is 0 Å². The van der Waals surface area contributed by atoms with E-state index in [1.165, 1.54) is 14.2 Å². The lowest BCUT2D eigenvalue weighted by Gasteiger charge is -2.25. The van der Waals surface area contributed by atoms with E-state index in [0.717, 1.165) is 0 Å². The van der Waals surface area contributed by atoms with Gasteiger partial charge in [0.1, 0.15) is 0 Å². The highest BCUT2D eigenvalue weighted by Gasteiger charge is 2.43. The molecule has 1 rings (SSSR count). The molecule has 1 aliphatic rings. The maximum Gasteiger partial charge on any atom is 0.313 e. The molecule has 0 aromatic rings. The molecule has 0 amide bonds. The van der Waals surface area contributed by atoms with Gasteiger partial charge in [-0.15, -0.1) is 0 Å². The maximum atomic E-state index is 11.7. The van der Waals surface area contributed by atoms with Gasteiger partial charge in [-0.1, -0.05) is 6.08 Å². The van der Waals surface area contributed by atoms with E-state index in [1.54, 1.807) is 6.08 Å². The topological polar surface area (TPSA) is 93.1 Å². The van der Waals surface area contributed by atoms with Crippen molar-refractivity contribution in [1.82, 2.24) is 0 Å². The number of ether oxygens (including phenoxy) is 2. The first-order chi connectivity index (χ1) is 8.60. The van der Waals surface area contributed by atoms with Gasteiger partial charge in [-0.25, -0.2) is 0 Å². The number of hydrogen-bond acceptors (Lipinski definition) is 6. The van der Waals surface area contributed by atoms with Crippen LogP contribution in [0.1, 0.15) is 6.42 Å². The Morgan fingerprint density at radius 2 is 2.06 bits per heavy atom. The van der Waals surface area contributed by atoms with E-state index in [4.69, 9.17) is 0 Å². The predicted octanol–water partition coefficient (Wildman–Crippen LogP) is -0.504. The van der Waals surface area contributed by atoms with Crippen LogP contribution in [-0.4, -0.2) is 49.6 Å². The van der Waals surface area contributed by atoms with E-state index in [9.17, 15) is 19.8 Å². The Hall–Kier alpha value is -1.40. The van der Waals surface area contributed by atoms with Crippen molar-refractivity contribution in [2.24, 2.45) is 17.8 Å². The summed E-state index contributed by atoms with van der Waals surface area (Å²) in [6.07, 6.45) is 2.13. The van der Waals surface area contributed by atoms with Gasteiger partial charge in [0, 0.05) is 0 Å². The first-order valence-electron chi connectivity index (χ1n) is 5.67. The predicted molar refractivity (Wildman–Crippen MR) is 61.4 cm³/mol. The van der Waals surface area contributed by atoms with Crippen molar-refractivity contribution in [3.05, 3.63) is 11.6 Å². The monoisotopic (exact) mass is 258 g/mol. The Morgan fingerprint density at radius 1 is 1.39 bits per heavy atom. The first-order valence-corrected chi connectivity index (χ1v) is 5.67. The molecule has 2 N–H and O–H groups in total. The van der Waals surface area contributed by atoms with Crippen LogP contribution in [0.25, 0.3) is 0 Å². The van der Waals surface area contributed by atoms with Crippen LogP contribution in [0.3, 0.4) is 0 Å². The zero-order chi connectivity index (χ0) is 13.7. The number of carbonyl (C=O) groups is 2. The fourth-order valence-corrected chi connectivity index (χ4v) is 2.37. The summed E-state index contributed by atoms with van der Waals surface area (Å²) in [5, 5.41) is 18.5.